The lowest BCUT2D eigenvalue weighted by Gasteiger charge is -2.19. The summed E-state index contributed by atoms with van der Waals surface area (Å²) in [5.41, 5.74) is 3.33. The van der Waals surface area contributed by atoms with E-state index in [0.717, 1.165) is 16.6 Å². The molecule has 92 valence electrons. The van der Waals surface area contributed by atoms with Gasteiger partial charge in [-0.25, -0.2) is 0 Å². The molecule has 2 atom stereocenters. The van der Waals surface area contributed by atoms with Crippen molar-refractivity contribution in [1.29, 1.82) is 0 Å². The Balaban J connectivity index is 2.64. The van der Waals surface area contributed by atoms with Gasteiger partial charge in [0, 0.05) is 35.2 Å². The Morgan fingerprint density at radius 2 is 1.94 bits per heavy atom. The number of benzene rings is 1. The number of aromatic nitrogens is 1. The zero-order valence-electron chi connectivity index (χ0n) is 10.9. The van der Waals surface area contributed by atoms with Gasteiger partial charge in [-0.05, 0) is 27.0 Å². The van der Waals surface area contributed by atoms with Crippen molar-refractivity contribution in [2.45, 2.75) is 26.0 Å². The Bertz CT molecular complexity index is 530. The molecule has 0 spiro atoms. The van der Waals surface area contributed by atoms with E-state index in [2.05, 4.69) is 28.9 Å². The zero-order chi connectivity index (χ0) is 12.6. The molecule has 17 heavy (non-hydrogen) atoms. The standard InChI is InChI=1S/C14H20N2O/c1-9(15-3)14(17)13-10(2)16(4)12-8-6-5-7-11(12)13/h5-9,14-15,17H,1-4H3. The number of nitrogens with zero attached hydrogens (tertiary/aromatic N) is 1. The molecule has 0 saturated heterocycles. The van der Waals surface area contributed by atoms with Crippen LogP contribution in [0.3, 0.4) is 0 Å². The van der Waals surface area contributed by atoms with Gasteiger partial charge in [0.15, 0.2) is 0 Å². The maximum Gasteiger partial charge on any atom is 0.0963 e. The molecule has 0 aliphatic heterocycles. The van der Waals surface area contributed by atoms with Gasteiger partial charge in [0.25, 0.3) is 0 Å². The third-order valence-corrected chi connectivity index (χ3v) is 3.67. The fourth-order valence-electron chi connectivity index (χ4n) is 2.33. The molecule has 2 unspecified atom stereocenters. The molecule has 0 fully saturated rings. The van der Waals surface area contributed by atoms with Crippen molar-refractivity contribution < 1.29 is 5.11 Å². The van der Waals surface area contributed by atoms with Crippen LogP contribution in [0.4, 0.5) is 0 Å². The first-order valence-corrected chi connectivity index (χ1v) is 5.97. The van der Waals surface area contributed by atoms with E-state index >= 15 is 0 Å². The van der Waals surface area contributed by atoms with Gasteiger partial charge in [0.1, 0.15) is 0 Å². The Hall–Kier alpha value is -1.32. The highest BCUT2D eigenvalue weighted by molar-refractivity contribution is 5.85. The molecule has 0 aliphatic carbocycles. The van der Waals surface area contributed by atoms with Crippen molar-refractivity contribution in [1.82, 2.24) is 9.88 Å². The van der Waals surface area contributed by atoms with Crippen LogP contribution >= 0.6 is 0 Å². The van der Waals surface area contributed by atoms with Crippen molar-refractivity contribution in [3.63, 3.8) is 0 Å². The van der Waals surface area contributed by atoms with Gasteiger partial charge in [-0.15, -0.1) is 0 Å². The summed E-state index contributed by atoms with van der Waals surface area (Å²) < 4.78 is 2.14. The monoisotopic (exact) mass is 232 g/mol. The third kappa shape index (κ3) is 1.85. The molecule has 2 rings (SSSR count). The predicted octanol–water partition coefficient (Wildman–Crippen LogP) is 2.13. The van der Waals surface area contributed by atoms with Gasteiger partial charge in [-0.3, -0.25) is 0 Å². The quantitative estimate of drug-likeness (QED) is 0.850. The van der Waals surface area contributed by atoms with Crippen molar-refractivity contribution in [3.05, 3.63) is 35.5 Å². The number of aryl methyl sites for hydroxylation is 1. The van der Waals surface area contributed by atoms with E-state index in [9.17, 15) is 5.11 Å². The van der Waals surface area contributed by atoms with E-state index in [-0.39, 0.29) is 6.04 Å². The lowest BCUT2D eigenvalue weighted by Crippen LogP contribution is -2.29. The summed E-state index contributed by atoms with van der Waals surface area (Å²) in [5, 5.41) is 14.7. The molecule has 1 aromatic carbocycles. The second kappa shape index (κ2) is 4.51. The van der Waals surface area contributed by atoms with E-state index in [1.807, 2.05) is 33.2 Å². The predicted molar refractivity (Wildman–Crippen MR) is 71.1 cm³/mol. The molecule has 2 N–H and O–H groups in total. The minimum Gasteiger partial charge on any atom is -0.387 e. The fourth-order valence-corrected chi connectivity index (χ4v) is 2.33. The number of hydrogen-bond donors (Lipinski definition) is 2. The van der Waals surface area contributed by atoms with Crippen LogP contribution in [0.1, 0.15) is 24.3 Å². The van der Waals surface area contributed by atoms with Crippen LogP contribution in [0, 0.1) is 6.92 Å². The van der Waals surface area contributed by atoms with Crippen LogP contribution in [-0.2, 0) is 7.05 Å². The summed E-state index contributed by atoms with van der Waals surface area (Å²) >= 11 is 0. The van der Waals surface area contributed by atoms with Crippen LogP contribution in [0.25, 0.3) is 10.9 Å². The number of aliphatic hydroxyl groups excluding tert-OH is 1. The number of para-hydroxylation sites is 1. The fraction of sp³-hybridized carbons (Fsp3) is 0.429. The van der Waals surface area contributed by atoms with Crippen LogP contribution < -0.4 is 5.32 Å². The lowest BCUT2D eigenvalue weighted by atomic mass is 10.0. The zero-order valence-corrected chi connectivity index (χ0v) is 10.9. The average Bonchev–Trinajstić information content (AvgIpc) is 2.61. The van der Waals surface area contributed by atoms with Gasteiger partial charge in [0.05, 0.1) is 6.10 Å². The summed E-state index contributed by atoms with van der Waals surface area (Å²) in [7, 11) is 3.91. The first-order valence-electron chi connectivity index (χ1n) is 5.97. The average molecular weight is 232 g/mol. The summed E-state index contributed by atoms with van der Waals surface area (Å²) in [5.74, 6) is 0. The molecule has 3 heteroatoms. The number of hydrogen-bond acceptors (Lipinski definition) is 2. The maximum absolute atomic E-state index is 10.4. The molecule has 0 aliphatic rings. The Morgan fingerprint density at radius 3 is 2.59 bits per heavy atom. The van der Waals surface area contributed by atoms with Crippen molar-refractivity contribution >= 4 is 10.9 Å². The summed E-state index contributed by atoms with van der Waals surface area (Å²) in [6.45, 7) is 4.05. The van der Waals surface area contributed by atoms with Gasteiger partial charge >= 0.3 is 0 Å². The number of rotatable bonds is 3. The highest BCUT2D eigenvalue weighted by Gasteiger charge is 2.22. The SMILES string of the molecule is CNC(C)C(O)c1c(C)n(C)c2ccccc12. The van der Waals surface area contributed by atoms with Crippen LogP contribution in [-0.4, -0.2) is 22.8 Å². The maximum atomic E-state index is 10.4. The largest absolute Gasteiger partial charge is 0.387 e. The van der Waals surface area contributed by atoms with Gasteiger partial charge < -0.3 is 15.0 Å². The summed E-state index contributed by atoms with van der Waals surface area (Å²) in [6, 6.07) is 8.24. The van der Waals surface area contributed by atoms with Crippen LogP contribution in [0.5, 0.6) is 0 Å². The Labute approximate surface area is 102 Å². The van der Waals surface area contributed by atoms with E-state index in [1.165, 1.54) is 5.52 Å². The van der Waals surface area contributed by atoms with E-state index in [4.69, 9.17) is 0 Å². The molecule has 2 aromatic rings. The summed E-state index contributed by atoms with van der Waals surface area (Å²) in [4.78, 5) is 0. The second-order valence-corrected chi connectivity index (χ2v) is 4.60. The highest BCUT2D eigenvalue weighted by atomic mass is 16.3. The van der Waals surface area contributed by atoms with Crippen LogP contribution in [0.2, 0.25) is 0 Å². The highest BCUT2D eigenvalue weighted by Crippen LogP contribution is 2.31. The molecule has 0 amide bonds. The van der Waals surface area contributed by atoms with Gasteiger partial charge in [0.2, 0.25) is 0 Å². The number of fused-ring (bicyclic) bond motifs is 1. The smallest absolute Gasteiger partial charge is 0.0963 e. The first kappa shape index (κ1) is 12.1. The molecule has 0 saturated carbocycles. The number of likely N-dealkylation sites (N-methyl/N-ethyl adjacent to an activating group) is 1. The number of nitrogens with one attached hydrogen (secondary N) is 1. The number of aliphatic hydroxyl groups is 1. The summed E-state index contributed by atoms with van der Waals surface area (Å²) in [6.07, 6.45) is -0.480. The van der Waals surface area contributed by atoms with E-state index < -0.39 is 6.10 Å². The van der Waals surface area contributed by atoms with Crippen molar-refractivity contribution in [2.75, 3.05) is 7.05 Å². The topological polar surface area (TPSA) is 37.2 Å². The van der Waals surface area contributed by atoms with Gasteiger partial charge in [-0.1, -0.05) is 18.2 Å². The molecule has 1 aromatic heterocycles. The molecule has 1 heterocycles. The Morgan fingerprint density at radius 1 is 1.29 bits per heavy atom. The van der Waals surface area contributed by atoms with Crippen molar-refractivity contribution in [2.24, 2.45) is 7.05 Å². The minimum absolute atomic E-state index is 0.0412. The third-order valence-electron chi connectivity index (χ3n) is 3.67. The molecule has 3 nitrogen and oxygen atoms in total. The van der Waals surface area contributed by atoms with E-state index in [0.29, 0.717) is 0 Å². The van der Waals surface area contributed by atoms with Crippen molar-refractivity contribution in [3.8, 4) is 0 Å². The minimum atomic E-state index is -0.480. The normalized spacial score (nSPS) is 15.1. The Kier molecular flexibility index (Phi) is 3.22. The first-order chi connectivity index (χ1) is 8.07. The van der Waals surface area contributed by atoms with E-state index in [1.54, 1.807) is 0 Å². The van der Waals surface area contributed by atoms with Crippen LogP contribution in [0.15, 0.2) is 24.3 Å². The van der Waals surface area contributed by atoms with Gasteiger partial charge in [-0.2, -0.15) is 0 Å². The molecular formula is C14H20N2O. The second-order valence-electron chi connectivity index (χ2n) is 4.60. The molecule has 0 radical (unpaired) electrons. The molecule has 0 bridgehead atoms. The lowest BCUT2D eigenvalue weighted by molar-refractivity contribution is 0.140. The molecular weight excluding hydrogens is 212 g/mol.